The van der Waals surface area contributed by atoms with Crippen molar-refractivity contribution in [1.82, 2.24) is 15.6 Å². The summed E-state index contributed by atoms with van der Waals surface area (Å²) in [5.41, 5.74) is 1.35. The van der Waals surface area contributed by atoms with Gasteiger partial charge in [0, 0.05) is 29.8 Å². The van der Waals surface area contributed by atoms with Gasteiger partial charge in [0.25, 0.3) is 0 Å². The van der Waals surface area contributed by atoms with E-state index >= 15 is 0 Å². The Labute approximate surface area is 137 Å². The van der Waals surface area contributed by atoms with Crippen LogP contribution in [0, 0.1) is 5.92 Å². The van der Waals surface area contributed by atoms with Gasteiger partial charge in [0.15, 0.2) is 0 Å². The first-order valence-corrected chi connectivity index (χ1v) is 9.52. The van der Waals surface area contributed by atoms with Gasteiger partial charge >= 0.3 is 0 Å². The molecule has 3 rings (SSSR count). The zero-order valence-electron chi connectivity index (χ0n) is 13.5. The molecule has 2 atom stereocenters. The highest BCUT2D eigenvalue weighted by Gasteiger charge is 2.24. The van der Waals surface area contributed by atoms with Crippen molar-refractivity contribution in [3.63, 3.8) is 0 Å². The van der Waals surface area contributed by atoms with E-state index in [1.807, 2.05) is 11.3 Å². The van der Waals surface area contributed by atoms with Gasteiger partial charge in [0.1, 0.15) is 0 Å². The molecule has 1 fully saturated rings. The van der Waals surface area contributed by atoms with Gasteiger partial charge in [-0.15, -0.1) is 11.3 Å². The SMILES string of the molecule is C[C@H]1C[C@@H](C(=O)NCCCc2nc3c(s2)CCCC3)CCN1. The molecule has 1 saturated heterocycles. The molecule has 2 heterocycles. The molecule has 1 aromatic heterocycles. The lowest BCUT2D eigenvalue weighted by Crippen LogP contribution is -2.42. The van der Waals surface area contributed by atoms with Crippen LogP contribution in [-0.4, -0.2) is 30.0 Å². The van der Waals surface area contributed by atoms with Crippen molar-refractivity contribution < 1.29 is 4.79 Å². The molecule has 1 aliphatic heterocycles. The summed E-state index contributed by atoms with van der Waals surface area (Å²) < 4.78 is 0. The Morgan fingerprint density at radius 1 is 1.41 bits per heavy atom. The van der Waals surface area contributed by atoms with E-state index in [4.69, 9.17) is 4.98 Å². The van der Waals surface area contributed by atoms with Crippen LogP contribution in [0.25, 0.3) is 0 Å². The van der Waals surface area contributed by atoms with Crippen molar-refractivity contribution in [1.29, 1.82) is 0 Å². The van der Waals surface area contributed by atoms with Gasteiger partial charge in [-0.05, 0) is 58.4 Å². The van der Waals surface area contributed by atoms with Gasteiger partial charge in [-0.3, -0.25) is 4.79 Å². The molecule has 4 nitrogen and oxygen atoms in total. The van der Waals surface area contributed by atoms with E-state index in [9.17, 15) is 4.79 Å². The summed E-state index contributed by atoms with van der Waals surface area (Å²) >= 11 is 1.89. The van der Waals surface area contributed by atoms with Crippen LogP contribution in [-0.2, 0) is 24.1 Å². The first kappa shape index (κ1) is 15.9. The number of nitrogens with one attached hydrogen (secondary N) is 2. The van der Waals surface area contributed by atoms with Gasteiger partial charge in [0.05, 0.1) is 10.7 Å². The zero-order chi connectivity index (χ0) is 15.4. The van der Waals surface area contributed by atoms with Crippen molar-refractivity contribution in [2.24, 2.45) is 5.92 Å². The standard InChI is InChI=1S/C17H27N3OS/c1-12-11-13(8-10-18-12)17(21)19-9-4-7-16-20-14-5-2-3-6-15(14)22-16/h12-13,18H,2-11H2,1H3,(H,19,21)/t12-,13-/m0/s1. The molecular formula is C17H27N3OS. The molecule has 122 valence electrons. The topological polar surface area (TPSA) is 54.0 Å². The Morgan fingerprint density at radius 2 is 2.27 bits per heavy atom. The molecule has 0 bridgehead atoms. The lowest BCUT2D eigenvalue weighted by atomic mass is 9.92. The van der Waals surface area contributed by atoms with Gasteiger partial charge < -0.3 is 10.6 Å². The minimum Gasteiger partial charge on any atom is -0.356 e. The molecule has 0 unspecified atom stereocenters. The summed E-state index contributed by atoms with van der Waals surface area (Å²) in [5.74, 6) is 0.440. The molecule has 0 radical (unpaired) electrons. The van der Waals surface area contributed by atoms with Crippen LogP contribution < -0.4 is 10.6 Å². The third-order valence-electron chi connectivity index (χ3n) is 4.75. The zero-order valence-corrected chi connectivity index (χ0v) is 14.3. The molecule has 22 heavy (non-hydrogen) atoms. The summed E-state index contributed by atoms with van der Waals surface area (Å²) in [6.07, 6.45) is 8.92. The Kier molecular flexibility index (Phi) is 5.47. The average molecular weight is 321 g/mol. The van der Waals surface area contributed by atoms with Crippen LogP contribution in [0.15, 0.2) is 0 Å². The average Bonchev–Trinajstić information content (AvgIpc) is 2.94. The van der Waals surface area contributed by atoms with E-state index in [1.165, 1.54) is 34.8 Å². The van der Waals surface area contributed by atoms with Crippen LogP contribution in [0.3, 0.4) is 0 Å². The number of amides is 1. The number of hydrogen-bond acceptors (Lipinski definition) is 4. The maximum absolute atomic E-state index is 12.2. The number of rotatable bonds is 5. The summed E-state index contributed by atoms with van der Waals surface area (Å²) in [6.45, 7) is 3.90. The number of carbonyl (C=O) groups is 1. The molecule has 2 N–H and O–H groups in total. The summed E-state index contributed by atoms with van der Waals surface area (Å²) in [6, 6.07) is 0.464. The highest BCUT2D eigenvalue weighted by molar-refractivity contribution is 7.11. The highest BCUT2D eigenvalue weighted by atomic mass is 32.1. The number of aromatic nitrogens is 1. The number of hydrogen-bond donors (Lipinski definition) is 2. The molecule has 0 aromatic carbocycles. The third-order valence-corrected chi connectivity index (χ3v) is 5.97. The fraction of sp³-hybridized carbons (Fsp3) is 0.765. The second-order valence-electron chi connectivity index (χ2n) is 6.66. The van der Waals surface area contributed by atoms with Gasteiger partial charge in [-0.1, -0.05) is 0 Å². The number of nitrogens with zero attached hydrogens (tertiary/aromatic N) is 1. The van der Waals surface area contributed by atoms with Crippen LogP contribution in [0.1, 0.15) is 54.6 Å². The molecule has 1 aromatic rings. The first-order valence-electron chi connectivity index (χ1n) is 8.71. The van der Waals surface area contributed by atoms with Gasteiger partial charge in [-0.2, -0.15) is 0 Å². The minimum absolute atomic E-state index is 0.198. The molecular weight excluding hydrogens is 294 g/mol. The van der Waals surface area contributed by atoms with E-state index in [0.29, 0.717) is 6.04 Å². The van der Waals surface area contributed by atoms with E-state index in [-0.39, 0.29) is 11.8 Å². The number of thiazole rings is 1. The first-order chi connectivity index (χ1) is 10.7. The number of fused-ring (bicyclic) bond motifs is 1. The fourth-order valence-electron chi connectivity index (χ4n) is 3.48. The highest BCUT2D eigenvalue weighted by Crippen LogP contribution is 2.27. The van der Waals surface area contributed by atoms with E-state index in [0.717, 1.165) is 45.2 Å². The Balaban J connectivity index is 1.38. The Hall–Kier alpha value is -0.940. The molecule has 2 aliphatic rings. The molecule has 1 amide bonds. The predicted molar refractivity (Wildman–Crippen MR) is 90.3 cm³/mol. The predicted octanol–water partition coefficient (Wildman–Crippen LogP) is 2.46. The summed E-state index contributed by atoms with van der Waals surface area (Å²) in [7, 11) is 0. The van der Waals surface area contributed by atoms with Crippen LogP contribution >= 0.6 is 11.3 Å². The lowest BCUT2D eigenvalue weighted by Gasteiger charge is -2.27. The molecule has 1 aliphatic carbocycles. The van der Waals surface area contributed by atoms with Crippen molar-refractivity contribution in [2.45, 2.75) is 64.3 Å². The smallest absolute Gasteiger partial charge is 0.223 e. The van der Waals surface area contributed by atoms with E-state index < -0.39 is 0 Å². The number of aryl methyl sites for hydroxylation is 3. The van der Waals surface area contributed by atoms with Gasteiger partial charge in [0.2, 0.25) is 5.91 Å². The second-order valence-corrected chi connectivity index (χ2v) is 7.82. The van der Waals surface area contributed by atoms with Crippen LogP contribution in [0.2, 0.25) is 0 Å². The second kappa shape index (κ2) is 7.55. The Bertz CT molecular complexity index is 491. The number of piperidine rings is 1. The molecule has 5 heteroatoms. The quantitative estimate of drug-likeness (QED) is 0.819. The maximum Gasteiger partial charge on any atom is 0.223 e. The van der Waals surface area contributed by atoms with E-state index in [1.54, 1.807) is 0 Å². The maximum atomic E-state index is 12.2. The van der Waals surface area contributed by atoms with Crippen LogP contribution in [0.5, 0.6) is 0 Å². The van der Waals surface area contributed by atoms with Crippen molar-refractivity contribution >= 4 is 17.2 Å². The van der Waals surface area contributed by atoms with Crippen molar-refractivity contribution in [3.05, 3.63) is 15.6 Å². The van der Waals surface area contributed by atoms with Crippen LogP contribution in [0.4, 0.5) is 0 Å². The molecule has 0 spiro atoms. The normalized spacial score (nSPS) is 24.8. The summed E-state index contributed by atoms with van der Waals surface area (Å²) in [4.78, 5) is 18.4. The lowest BCUT2D eigenvalue weighted by molar-refractivity contribution is -0.126. The largest absolute Gasteiger partial charge is 0.356 e. The molecule has 0 saturated carbocycles. The Morgan fingerprint density at radius 3 is 3.09 bits per heavy atom. The fourth-order valence-corrected chi connectivity index (χ4v) is 4.68. The van der Waals surface area contributed by atoms with Crippen molar-refractivity contribution in [2.75, 3.05) is 13.1 Å². The third kappa shape index (κ3) is 4.07. The van der Waals surface area contributed by atoms with E-state index in [2.05, 4.69) is 17.6 Å². The number of carbonyl (C=O) groups excluding carboxylic acids is 1. The monoisotopic (exact) mass is 321 g/mol. The minimum atomic E-state index is 0.198. The van der Waals surface area contributed by atoms with Gasteiger partial charge in [-0.25, -0.2) is 4.98 Å². The summed E-state index contributed by atoms with van der Waals surface area (Å²) in [5, 5.41) is 7.77. The van der Waals surface area contributed by atoms with Crippen molar-refractivity contribution in [3.8, 4) is 0 Å².